The van der Waals surface area contributed by atoms with Crippen LogP contribution in [0.3, 0.4) is 0 Å². The number of nitrogens with one attached hydrogen (secondary N) is 1. The summed E-state index contributed by atoms with van der Waals surface area (Å²) in [4.78, 5) is 11.9. The van der Waals surface area contributed by atoms with Gasteiger partial charge in [-0.1, -0.05) is 39.0 Å². The lowest BCUT2D eigenvalue weighted by molar-refractivity contribution is -0.121. The molecule has 0 saturated heterocycles. The summed E-state index contributed by atoms with van der Waals surface area (Å²) in [5.41, 5.74) is 4.88. The van der Waals surface area contributed by atoms with E-state index in [1.807, 2.05) is 10.9 Å². The Hall–Kier alpha value is -2.36. The van der Waals surface area contributed by atoms with Crippen LogP contribution in [-0.2, 0) is 16.6 Å². The summed E-state index contributed by atoms with van der Waals surface area (Å²) in [7, 11) is 0. The second-order valence-corrected chi connectivity index (χ2v) is 7.76. The van der Waals surface area contributed by atoms with Crippen molar-refractivity contribution in [2.45, 2.75) is 57.9 Å². The molecule has 4 heteroatoms. The Morgan fingerprint density at radius 3 is 2.72 bits per heavy atom. The minimum Gasteiger partial charge on any atom is -0.349 e. The standard InChI is InChI=1S/C21H27N3O/c1-5-7-20(25)23-18-8-6-9-19-17(18)14-22-24(19)16-12-10-15(11-13-16)21(2,3)4/h5,10-14,18H,1,6-9H2,2-4H3,(H,23,25)/t18-/m1/s1. The maximum Gasteiger partial charge on any atom is 0.224 e. The van der Waals surface area contributed by atoms with E-state index in [0.29, 0.717) is 6.42 Å². The second-order valence-electron chi connectivity index (χ2n) is 7.76. The summed E-state index contributed by atoms with van der Waals surface area (Å²) in [6, 6.07) is 8.67. The van der Waals surface area contributed by atoms with Crippen molar-refractivity contribution in [2.75, 3.05) is 0 Å². The maximum atomic E-state index is 11.9. The van der Waals surface area contributed by atoms with Gasteiger partial charge in [0.15, 0.2) is 0 Å². The number of hydrogen-bond acceptors (Lipinski definition) is 2. The number of nitrogens with zero attached hydrogens (tertiary/aromatic N) is 2. The number of aromatic nitrogens is 2. The molecule has 3 rings (SSSR count). The molecule has 0 fully saturated rings. The van der Waals surface area contributed by atoms with E-state index < -0.39 is 0 Å². The van der Waals surface area contributed by atoms with E-state index in [1.165, 1.54) is 11.3 Å². The third-order valence-electron chi connectivity index (χ3n) is 4.83. The van der Waals surface area contributed by atoms with Crippen molar-refractivity contribution in [3.8, 4) is 5.69 Å². The van der Waals surface area contributed by atoms with E-state index in [2.05, 4.69) is 62.0 Å². The van der Waals surface area contributed by atoms with Gasteiger partial charge < -0.3 is 5.32 Å². The van der Waals surface area contributed by atoms with Gasteiger partial charge in [0, 0.05) is 17.7 Å². The van der Waals surface area contributed by atoms with Crippen LogP contribution in [-0.4, -0.2) is 15.7 Å². The van der Waals surface area contributed by atoms with Gasteiger partial charge in [-0.05, 0) is 42.4 Å². The second kappa shape index (κ2) is 6.87. The zero-order chi connectivity index (χ0) is 18.0. The van der Waals surface area contributed by atoms with Gasteiger partial charge in [-0.3, -0.25) is 4.79 Å². The Balaban J connectivity index is 1.87. The molecule has 0 aliphatic heterocycles. The number of rotatable bonds is 4. The van der Waals surface area contributed by atoms with Crippen molar-refractivity contribution < 1.29 is 4.79 Å². The third-order valence-corrected chi connectivity index (χ3v) is 4.83. The van der Waals surface area contributed by atoms with Gasteiger partial charge in [0.05, 0.1) is 17.9 Å². The topological polar surface area (TPSA) is 46.9 Å². The number of carbonyl (C=O) groups excluding carboxylic acids is 1. The fraction of sp³-hybridized carbons (Fsp3) is 0.429. The molecule has 0 saturated carbocycles. The molecule has 0 spiro atoms. The van der Waals surface area contributed by atoms with Crippen LogP contribution in [0.2, 0.25) is 0 Å². The van der Waals surface area contributed by atoms with Gasteiger partial charge in [0.25, 0.3) is 0 Å². The molecule has 25 heavy (non-hydrogen) atoms. The Morgan fingerprint density at radius 1 is 1.36 bits per heavy atom. The normalized spacial score (nSPS) is 17.0. The molecule has 0 bridgehead atoms. The number of hydrogen-bond donors (Lipinski definition) is 1. The summed E-state index contributed by atoms with van der Waals surface area (Å²) in [5.74, 6) is 0.0233. The van der Waals surface area contributed by atoms with Crippen molar-refractivity contribution in [1.82, 2.24) is 15.1 Å². The van der Waals surface area contributed by atoms with E-state index in [-0.39, 0.29) is 17.4 Å². The van der Waals surface area contributed by atoms with Gasteiger partial charge in [0.1, 0.15) is 0 Å². The minimum atomic E-state index is 0.0233. The van der Waals surface area contributed by atoms with Crippen molar-refractivity contribution in [1.29, 1.82) is 0 Å². The number of benzene rings is 1. The number of fused-ring (bicyclic) bond motifs is 1. The molecule has 1 heterocycles. The first kappa shape index (κ1) is 17.5. The molecule has 132 valence electrons. The van der Waals surface area contributed by atoms with Gasteiger partial charge in [0.2, 0.25) is 5.91 Å². The third kappa shape index (κ3) is 3.68. The zero-order valence-electron chi connectivity index (χ0n) is 15.4. The lowest BCUT2D eigenvalue weighted by Gasteiger charge is -2.24. The SMILES string of the molecule is C=CCC(=O)N[C@@H]1CCCc2c1cnn2-c1ccc(C(C)(C)C)cc1. The van der Waals surface area contributed by atoms with Crippen LogP contribution < -0.4 is 5.32 Å². The van der Waals surface area contributed by atoms with Crippen LogP contribution in [0.5, 0.6) is 0 Å². The zero-order valence-corrected chi connectivity index (χ0v) is 15.4. The summed E-state index contributed by atoms with van der Waals surface area (Å²) in [6.45, 7) is 10.3. The molecule has 1 aromatic carbocycles. The van der Waals surface area contributed by atoms with Crippen LogP contribution in [0.25, 0.3) is 5.69 Å². The molecule has 1 amide bonds. The van der Waals surface area contributed by atoms with Gasteiger partial charge in [-0.25, -0.2) is 4.68 Å². The predicted molar refractivity (Wildman–Crippen MR) is 101 cm³/mol. The first-order chi connectivity index (χ1) is 11.9. The highest BCUT2D eigenvalue weighted by Gasteiger charge is 2.26. The highest BCUT2D eigenvalue weighted by Crippen LogP contribution is 2.31. The lowest BCUT2D eigenvalue weighted by Crippen LogP contribution is -2.30. The van der Waals surface area contributed by atoms with Crippen LogP contribution in [0.4, 0.5) is 0 Å². The Bertz CT molecular complexity index is 765. The fourth-order valence-electron chi connectivity index (χ4n) is 3.42. The predicted octanol–water partition coefficient (Wildman–Crippen LogP) is 4.24. The number of carbonyl (C=O) groups is 1. The van der Waals surface area contributed by atoms with Crippen molar-refractivity contribution in [3.63, 3.8) is 0 Å². The molecule has 1 aliphatic rings. The van der Waals surface area contributed by atoms with Gasteiger partial charge in [-0.2, -0.15) is 5.10 Å². The molecular formula is C21H27N3O. The Morgan fingerprint density at radius 2 is 2.08 bits per heavy atom. The highest BCUT2D eigenvalue weighted by molar-refractivity contribution is 5.77. The molecule has 1 N–H and O–H groups in total. The van der Waals surface area contributed by atoms with E-state index >= 15 is 0 Å². The molecule has 2 aromatic rings. The van der Waals surface area contributed by atoms with Crippen LogP contribution in [0.1, 0.15) is 62.9 Å². The maximum absolute atomic E-state index is 11.9. The number of amides is 1. The minimum absolute atomic E-state index is 0.0233. The van der Waals surface area contributed by atoms with Crippen LogP contribution in [0.15, 0.2) is 43.1 Å². The average Bonchev–Trinajstić information content (AvgIpc) is 2.99. The van der Waals surface area contributed by atoms with E-state index in [9.17, 15) is 4.79 Å². The fourth-order valence-corrected chi connectivity index (χ4v) is 3.42. The Kier molecular flexibility index (Phi) is 4.80. The quantitative estimate of drug-likeness (QED) is 0.848. The molecule has 0 unspecified atom stereocenters. The van der Waals surface area contributed by atoms with Gasteiger partial charge >= 0.3 is 0 Å². The molecule has 1 atom stereocenters. The van der Waals surface area contributed by atoms with Crippen LogP contribution >= 0.6 is 0 Å². The summed E-state index contributed by atoms with van der Waals surface area (Å²) < 4.78 is 2.02. The Labute approximate surface area is 149 Å². The first-order valence-electron chi connectivity index (χ1n) is 8.98. The van der Waals surface area contributed by atoms with Crippen molar-refractivity contribution in [3.05, 3.63) is 59.9 Å². The summed E-state index contributed by atoms with van der Waals surface area (Å²) in [6.07, 6.45) is 6.91. The molecule has 1 aliphatic carbocycles. The molecule has 0 radical (unpaired) electrons. The highest BCUT2D eigenvalue weighted by atomic mass is 16.1. The average molecular weight is 337 g/mol. The van der Waals surface area contributed by atoms with E-state index in [0.717, 1.165) is 30.5 Å². The van der Waals surface area contributed by atoms with E-state index in [1.54, 1.807) is 6.08 Å². The smallest absolute Gasteiger partial charge is 0.224 e. The first-order valence-corrected chi connectivity index (χ1v) is 8.98. The van der Waals surface area contributed by atoms with Crippen LogP contribution in [0, 0.1) is 0 Å². The van der Waals surface area contributed by atoms with Crippen molar-refractivity contribution in [2.24, 2.45) is 0 Å². The van der Waals surface area contributed by atoms with Gasteiger partial charge in [-0.15, -0.1) is 6.58 Å². The largest absolute Gasteiger partial charge is 0.349 e. The summed E-state index contributed by atoms with van der Waals surface area (Å²) in [5, 5.41) is 7.71. The molecule has 4 nitrogen and oxygen atoms in total. The monoisotopic (exact) mass is 337 g/mol. The summed E-state index contributed by atoms with van der Waals surface area (Å²) >= 11 is 0. The van der Waals surface area contributed by atoms with E-state index in [4.69, 9.17) is 0 Å². The van der Waals surface area contributed by atoms with Crippen molar-refractivity contribution >= 4 is 5.91 Å². The lowest BCUT2D eigenvalue weighted by atomic mass is 9.87. The molecular weight excluding hydrogens is 310 g/mol. The molecule has 1 aromatic heterocycles.